The van der Waals surface area contributed by atoms with Crippen molar-refractivity contribution in [2.45, 2.75) is 57.8 Å². The summed E-state index contributed by atoms with van der Waals surface area (Å²) in [5.41, 5.74) is 5.09. The predicted molar refractivity (Wildman–Crippen MR) is 145 cm³/mol. The Balaban J connectivity index is 1.37. The first kappa shape index (κ1) is 24.5. The van der Waals surface area contributed by atoms with Crippen LogP contribution >= 0.6 is 12.2 Å². The summed E-state index contributed by atoms with van der Waals surface area (Å²) in [6, 6.07) is 16.0. The number of aromatic nitrogens is 2. The molecule has 1 amide bonds. The molecule has 7 nitrogen and oxygen atoms in total. The quantitative estimate of drug-likeness (QED) is 0.435. The number of ether oxygens (including phenoxy) is 1. The first-order valence-corrected chi connectivity index (χ1v) is 13.0. The maximum absolute atomic E-state index is 12.9. The van der Waals surface area contributed by atoms with Crippen LogP contribution in [0.25, 0.3) is 0 Å². The van der Waals surface area contributed by atoms with E-state index in [1.807, 2.05) is 56.4 Å². The van der Waals surface area contributed by atoms with Crippen LogP contribution in [0.15, 0.2) is 60.9 Å². The van der Waals surface area contributed by atoms with Crippen molar-refractivity contribution in [2.75, 3.05) is 18.5 Å². The van der Waals surface area contributed by atoms with Gasteiger partial charge in [0.05, 0.1) is 23.9 Å². The van der Waals surface area contributed by atoms with Crippen LogP contribution in [0, 0.1) is 13.8 Å². The molecule has 0 saturated carbocycles. The van der Waals surface area contributed by atoms with Crippen LogP contribution in [-0.4, -0.2) is 44.7 Å². The van der Waals surface area contributed by atoms with Gasteiger partial charge in [-0.05, 0) is 80.4 Å². The van der Waals surface area contributed by atoms with Crippen molar-refractivity contribution < 1.29 is 9.53 Å². The van der Waals surface area contributed by atoms with Crippen LogP contribution in [0.5, 0.6) is 0 Å². The number of amides is 1. The van der Waals surface area contributed by atoms with Crippen molar-refractivity contribution in [3.8, 4) is 0 Å². The normalized spacial score (nSPS) is 21.6. The van der Waals surface area contributed by atoms with E-state index in [-0.39, 0.29) is 24.1 Å². The average molecular weight is 504 g/mol. The molecule has 8 heteroatoms. The lowest BCUT2D eigenvalue weighted by Gasteiger charge is -2.29. The molecule has 36 heavy (non-hydrogen) atoms. The Kier molecular flexibility index (Phi) is 7.34. The summed E-state index contributed by atoms with van der Waals surface area (Å²) >= 11 is 5.80. The Labute approximate surface area is 217 Å². The van der Waals surface area contributed by atoms with Gasteiger partial charge in [0.15, 0.2) is 5.11 Å². The van der Waals surface area contributed by atoms with E-state index < -0.39 is 0 Å². The Bertz CT molecular complexity index is 1220. The number of benzene rings is 1. The molecule has 0 unspecified atom stereocenters. The molecule has 2 aliphatic heterocycles. The zero-order chi connectivity index (χ0) is 25.1. The van der Waals surface area contributed by atoms with Crippen LogP contribution in [0.2, 0.25) is 0 Å². The SMILES string of the molecule is Cc1ccc(C)c(NC(=O)CCN2C(=S)N[C@@H](c3ccccn3)[C@H]2c2cccn2C[C@@H]2CCCO2)c1. The molecule has 0 spiro atoms. The number of pyridine rings is 1. The van der Waals surface area contributed by atoms with Crippen molar-refractivity contribution in [1.82, 2.24) is 19.8 Å². The van der Waals surface area contributed by atoms with Gasteiger partial charge in [0, 0.05) is 49.9 Å². The first-order valence-electron chi connectivity index (χ1n) is 12.6. The number of aryl methyl sites for hydroxylation is 2. The highest BCUT2D eigenvalue weighted by Crippen LogP contribution is 2.39. The Morgan fingerprint density at radius 1 is 1.22 bits per heavy atom. The minimum Gasteiger partial charge on any atom is -0.376 e. The molecule has 0 aliphatic carbocycles. The lowest BCUT2D eigenvalue weighted by Crippen LogP contribution is -2.33. The van der Waals surface area contributed by atoms with E-state index in [2.05, 4.69) is 43.4 Å². The lowest BCUT2D eigenvalue weighted by atomic mass is 10.0. The summed E-state index contributed by atoms with van der Waals surface area (Å²) in [6.45, 7) is 6.17. The van der Waals surface area contributed by atoms with E-state index in [4.69, 9.17) is 17.0 Å². The third kappa shape index (κ3) is 5.29. The maximum Gasteiger partial charge on any atom is 0.226 e. The minimum atomic E-state index is -0.112. The fourth-order valence-corrected chi connectivity index (χ4v) is 5.47. The van der Waals surface area contributed by atoms with E-state index in [0.29, 0.717) is 18.1 Å². The summed E-state index contributed by atoms with van der Waals surface area (Å²) < 4.78 is 8.19. The van der Waals surface area contributed by atoms with Gasteiger partial charge in [0.2, 0.25) is 5.91 Å². The Morgan fingerprint density at radius 2 is 2.11 bits per heavy atom. The molecule has 2 aromatic heterocycles. The van der Waals surface area contributed by atoms with Gasteiger partial charge in [0.25, 0.3) is 0 Å². The molecule has 1 aromatic carbocycles. The highest BCUT2D eigenvalue weighted by atomic mass is 32.1. The van der Waals surface area contributed by atoms with Gasteiger partial charge in [-0.25, -0.2) is 0 Å². The molecule has 5 rings (SSSR count). The second-order valence-corrected chi connectivity index (χ2v) is 10.0. The van der Waals surface area contributed by atoms with Gasteiger partial charge in [-0.15, -0.1) is 0 Å². The van der Waals surface area contributed by atoms with Gasteiger partial charge in [-0.2, -0.15) is 0 Å². The molecule has 4 heterocycles. The summed E-state index contributed by atoms with van der Waals surface area (Å²) in [5.74, 6) is -0.0266. The van der Waals surface area contributed by atoms with Gasteiger partial charge in [-0.3, -0.25) is 9.78 Å². The fourth-order valence-electron chi connectivity index (χ4n) is 5.14. The van der Waals surface area contributed by atoms with Crippen LogP contribution in [-0.2, 0) is 16.1 Å². The number of nitrogens with one attached hydrogen (secondary N) is 2. The zero-order valence-corrected chi connectivity index (χ0v) is 21.6. The zero-order valence-electron chi connectivity index (χ0n) is 20.8. The number of thiocarbonyl (C=S) groups is 1. The van der Waals surface area contributed by atoms with Gasteiger partial charge in [-0.1, -0.05) is 18.2 Å². The molecule has 2 aliphatic rings. The molecule has 2 N–H and O–H groups in total. The smallest absolute Gasteiger partial charge is 0.226 e. The second kappa shape index (κ2) is 10.8. The number of carbonyl (C=O) groups excluding carboxylic acids is 1. The van der Waals surface area contributed by atoms with Crippen molar-refractivity contribution in [2.24, 2.45) is 0 Å². The number of rotatable bonds is 8. The molecule has 0 radical (unpaired) electrons. The number of carbonyl (C=O) groups is 1. The van der Waals surface area contributed by atoms with Crippen LogP contribution in [0.1, 0.15) is 53.9 Å². The number of hydrogen-bond acceptors (Lipinski definition) is 4. The average Bonchev–Trinajstić information content (AvgIpc) is 3.62. The van der Waals surface area contributed by atoms with Gasteiger partial charge >= 0.3 is 0 Å². The molecular weight excluding hydrogens is 470 g/mol. The minimum absolute atomic E-state index is 0.0266. The lowest BCUT2D eigenvalue weighted by molar-refractivity contribution is -0.116. The predicted octanol–water partition coefficient (Wildman–Crippen LogP) is 4.68. The van der Waals surface area contributed by atoms with Crippen molar-refractivity contribution in [1.29, 1.82) is 0 Å². The summed E-state index contributed by atoms with van der Waals surface area (Å²) in [6.07, 6.45) is 6.65. The highest BCUT2D eigenvalue weighted by molar-refractivity contribution is 7.80. The molecular formula is C28H33N5O2S. The van der Waals surface area contributed by atoms with E-state index in [9.17, 15) is 4.79 Å². The van der Waals surface area contributed by atoms with Crippen molar-refractivity contribution in [3.63, 3.8) is 0 Å². The molecule has 3 aromatic rings. The van der Waals surface area contributed by atoms with Crippen LogP contribution < -0.4 is 10.6 Å². The summed E-state index contributed by atoms with van der Waals surface area (Å²) in [4.78, 5) is 19.7. The summed E-state index contributed by atoms with van der Waals surface area (Å²) in [5, 5.41) is 7.21. The Hall–Kier alpha value is -3.23. The van der Waals surface area contributed by atoms with Crippen LogP contribution in [0.3, 0.4) is 0 Å². The monoisotopic (exact) mass is 503 g/mol. The molecule has 2 fully saturated rings. The molecule has 3 atom stereocenters. The highest BCUT2D eigenvalue weighted by Gasteiger charge is 2.41. The second-order valence-electron chi connectivity index (χ2n) is 9.66. The molecule has 188 valence electrons. The molecule has 2 saturated heterocycles. The number of anilines is 1. The maximum atomic E-state index is 12.9. The first-order chi connectivity index (χ1) is 17.5. The largest absolute Gasteiger partial charge is 0.376 e. The standard InChI is InChI=1S/C28H33N5O2S/c1-19-10-11-20(2)23(17-19)30-25(34)12-15-33-27(26(31-28(33)36)22-8-3-4-13-29-22)24-9-5-14-32(24)18-21-7-6-16-35-21/h3-5,8-11,13-14,17,21,26-27H,6-7,12,15-16,18H2,1-2H3,(H,30,34)(H,31,36)/t21-,26-,27+/m0/s1. The van der Waals surface area contributed by atoms with E-state index in [1.165, 1.54) is 0 Å². The number of hydrogen-bond donors (Lipinski definition) is 2. The molecule has 0 bridgehead atoms. The number of nitrogens with zero attached hydrogens (tertiary/aromatic N) is 3. The van der Waals surface area contributed by atoms with E-state index >= 15 is 0 Å². The van der Waals surface area contributed by atoms with Gasteiger partial charge in [0.1, 0.15) is 0 Å². The fraction of sp³-hybridized carbons (Fsp3) is 0.393. The van der Waals surface area contributed by atoms with Crippen molar-refractivity contribution in [3.05, 3.63) is 83.4 Å². The van der Waals surface area contributed by atoms with Crippen LogP contribution in [0.4, 0.5) is 5.69 Å². The summed E-state index contributed by atoms with van der Waals surface area (Å²) in [7, 11) is 0. The van der Waals surface area contributed by atoms with E-state index in [0.717, 1.165) is 54.2 Å². The third-order valence-electron chi connectivity index (χ3n) is 7.04. The van der Waals surface area contributed by atoms with E-state index in [1.54, 1.807) is 0 Å². The Morgan fingerprint density at radius 3 is 2.89 bits per heavy atom. The van der Waals surface area contributed by atoms with Crippen molar-refractivity contribution >= 4 is 28.9 Å². The third-order valence-corrected chi connectivity index (χ3v) is 7.39. The van der Waals surface area contributed by atoms with Gasteiger partial charge < -0.3 is 24.8 Å². The topological polar surface area (TPSA) is 71.4 Å².